The lowest BCUT2D eigenvalue weighted by molar-refractivity contribution is -0.141. The average molecular weight is 336 g/mol. The highest BCUT2D eigenvalue weighted by atomic mass is 32.2. The Hall–Kier alpha value is -1.49. The van der Waals surface area contributed by atoms with Crippen molar-refractivity contribution in [2.75, 3.05) is 6.54 Å². The maximum atomic E-state index is 12.0. The van der Waals surface area contributed by atoms with Crippen LogP contribution in [0.3, 0.4) is 0 Å². The monoisotopic (exact) mass is 336 g/mol. The number of sulfonamides is 2. The molecule has 0 aliphatic carbocycles. The fraction of sp³-hybridized carbons (Fsp3) is 0.364. The third-order valence-electron chi connectivity index (χ3n) is 2.81. The van der Waals surface area contributed by atoms with Crippen molar-refractivity contribution < 1.29 is 26.7 Å². The van der Waals surface area contributed by atoms with E-state index in [9.17, 15) is 21.6 Å². The molecule has 0 saturated carbocycles. The maximum Gasteiger partial charge on any atom is 0.307 e. The van der Waals surface area contributed by atoms with Gasteiger partial charge in [-0.1, -0.05) is 13.0 Å². The molecular formula is C11H16N2O6S2. The average Bonchev–Trinajstić information content (AvgIpc) is 2.38. The normalized spacial score (nSPS) is 13.8. The molecular weight excluding hydrogens is 320 g/mol. The molecule has 0 radical (unpaired) electrons. The van der Waals surface area contributed by atoms with Crippen LogP contribution in [0.1, 0.15) is 13.3 Å². The van der Waals surface area contributed by atoms with E-state index in [0.29, 0.717) is 0 Å². The molecule has 10 heteroatoms. The third-order valence-corrected chi connectivity index (χ3v) is 5.14. The quantitative estimate of drug-likeness (QED) is 0.625. The lowest BCUT2D eigenvalue weighted by Crippen LogP contribution is -2.32. The van der Waals surface area contributed by atoms with Gasteiger partial charge in [0.1, 0.15) is 0 Å². The van der Waals surface area contributed by atoms with Gasteiger partial charge in [-0.25, -0.2) is 26.7 Å². The first kappa shape index (κ1) is 17.6. The van der Waals surface area contributed by atoms with Gasteiger partial charge in [0, 0.05) is 6.54 Å². The summed E-state index contributed by atoms with van der Waals surface area (Å²) < 4.78 is 48.6. The van der Waals surface area contributed by atoms with Crippen molar-refractivity contribution in [1.29, 1.82) is 0 Å². The van der Waals surface area contributed by atoms with Crippen LogP contribution >= 0.6 is 0 Å². The number of carboxylic acids is 1. The van der Waals surface area contributed by atoms with Crippen LogP contribution in [0.25, 0.3) is 0 Å². The molecule has 0 amide bonds. The molecule has 8 nitrogen and oxygen atoms in total. The minimum absolute atomic E-state index is 0.259. The largest absolute Gasteiger partial charge is 0.481 e. The second-order valence-electron chi connectivity index (χ2n) is 4.32. The topological polar surface area (TPSA) is 144 Å². The first-order valence-electron chi connectivity index (χ1n) is 5.93. The van der Waals surface area contributed by atoms with Crippen molar-refractivity contribution in [1.82, 2.24) is 4.72 Å². The first-order chi connectivity index (χ1) is 9.58. The smallest absolute Gasteiger partial charge is 0.307 e. The second-order valence-corrected chi connectivity index (χ2v) is 7.64. The van der Waals surface area contributed by atoms with Crippen LogP contribution in [-0.2, 0) is 24.8 Å². The number of benzene rings is 1. The van der Waals surface area contributed by atoms with Crippen molar-refractivity contribution in [3.8, 4) is 0 Å². The molecule has 1 aromatic rings. The summed E-state index contributed by atoms with van der Waals surface area (Å²) in [6.07, 6.45) is 0.259. The van der Waals surface area contributed by atoms with Crippen molar-refractivity contribution in [3.05, 3.63) is 24.3 Å². The zero-order chi connectivity index (χ0) is 16.3. The van der Waals surface area contributed by atoms with Crippen LogP contribution in [0.2, 0.25) is 0 Å². The van der Waals surface area contributed by atoms with Gasteiger partial charge in [0.15, 0.2) is 0 Å². The molecule has 0 saturated heterocycles. The molecule has 0 fully saturated rings. The molecule has 0 spiro atoms. The Bertz CT molecular complexity index is 727. The van der Waals surface area contributed by atoms with Crippen molar-refractivity contribution in [2.45, 2.75) is 23.1 Å². The summed E-state index contributed by atoms with van der Waals surface area (Å²) in [5.41, 5.74) is 0. The predicted molar refractivity (Wildman–Crippen MR) is 74.4 cm³/mol. The number of carboxylic acid groups (broad SMARTS) is 1. The second kappa shape index (κ2) is 6.52. The van der Waals surface area contributed by atoms with Crippen molar-refractivity contribution in [3.63, 3.8) is 0 Å². The van der Waals surface area contributed by atoms with E-state index in [1.165, 1.54) is 18.2 Å². The SMILES string of the molecule is CCC(CNS(=O)(=O)c1cccc(S(N)(=O)=O)c1)C(=O)O. The number of nitrogens with two attached hydrogens (primary N) is 1. The van der Waals surface area contributed by atoms with Crippen LogP contribution in [0.15, 0.2) is 34.1 Å². The Morgan fingerprint density at radius 1 is 1.29 bits per heavy atom. The number of rotatable bonds is 7. The van der Waals surface area contributed by atoms with Crippen LogP contribution in [0.4, 0.5) is 0 Å². The minimum atomic E-state index is -4.02. The molecule has 0 bridgehead atoms. The summed E-state index contributed by atoms with van der Waals surface area (Å²) in [5, 5.41) is 13.8. The Kier molecular flexibility index (Phi) is 5.45. The number of carbonyl (C=O) groups is 1. The lowest BCUT2D eigenvalue weighted by atomic mass is 10.1. The highest BCUT2D eigenvalue weighted by Gasteiger charge is 2.21. The van der Waals surface area contributed by atoms with Gasteiger partial charge >= 0.3 is 5.97 Å². The number of nitrogens with one attached hydrogen (secondary N) is 1. The Morgan fingerprint density at radius 3 is 2.33 bits per heavy atom. The third kappa shape index (κ3) is 4.77. The van der Waals surface area contributed by atoms with E-state index in [-0.39, 0.29) is 22.8 Å². The van der Waals surface area contributed by atoms with E-state index in [4.69, 9.17) is 10.2 Å². The molecule has 118 valence electrons. The summed E-state index contributed by atoms with van der Waals surface area (Å²) in [5.74, 6) is -1.97. The summed E-state index contributed by atoms with van der Waals surface area (Å²) >= 11 is 0. The van der Waals surface area contributed by atoms with Gasteiger partial charge < -0.3 is 5.11 Å². The Morgan fingerprint density at radius 2 is 1.86 bits per heavy atom. The predicted octanol–water partition coefficient (Wildman–Crippen LogP) is -0.277. The lowest BCUT2D eigenvalue weighted by Gasteiger charge is -2.12. The first-order valence-corrected chi connectivity index (χ1v) is 8.96. The molecule has 1 atom stereocenters. The molecule has 0 aliphatic heterocycles. The van der Waals surface area contributed by atoms with Crippen LogP contribution in [0, 0.1) is 5.92 Å². The molecule has 1 aromatic carbocycles. The van der Waals surface area contributed by atoms with Gasteiger partial charge in [-0.05, 0) is 24.6 Å². The number of primary sulfonamides is 1. The number of hydrogen-bond acceptors (Lipinski definition) is 5. The molecule has 21 heavy (non-hydrogen) atoms. The van der Waals surface area contributed by atoms with E-state index in [2.05, 4.69) is 4.72 Å². The van der Waals surface area contributed by atoms with E-state index < -0.39 is 31.9 Å². The van der Waals surface area contributed by atoms with Crippen molar-refractivity contribution >= 4 is 26.0 Å². The van der Waals surface area contributed by atoms with Gasteiger partial charge in [0.05, 0.1) is 15.7 Å². The molecule has 0 aliphatic rings. The van der Waals surface area contributed by atoms with Crippen LogP contribution < -0.4 is 9.86 Å². The summed E-state index contributed by atoms with van der Waals surface area (Å²) in [7, 11) is -8.04. The highest BCUT2D eigenvalue weighted by molar-refractivity contribution is 7.90. The minimum Gasteiger partial charge on any atom is -0.481 e. The molecule has 1 unspecified atom stereocenters. The van der Waals surface area contributed by atoms with Gasteiger partial charge in [-0.3, -0.25) is 4.79 Å². The van der Waals surface area contributed by atoms with Crippen LogP contribution in [0.5, 0.6) is 0 Å². The fourth-order valence-corrected chi connectivity index (χ4v) is 3.28. The zero-order valence-corrected chi connectivity index (χ0v) is 12.8. The van der Waals surface area contributed by atoms with Crippen LogP contribution in [-0.4, -0.2) is 34.5 Å². The standard InChI is InChI=1S/C11H16N2O6S2/c1-2-8(11(14)15)7-13-21(18,19)10-5-3-4-9(6-10)20(12,16)17/h3-6,8,13H,2,7H2,1H3,(H,14,15)(H2,12,16,17). The maximum absolute atomic E-state index is 12.0. The summed E-state index contributed by atoms with van der Waals surface area (Å²) in [6.45, 7) is 1.34. The van der Waals surface area contributed by atoms with E-state index >= 15 is 0 Å². The summed E-state index contributed by atoms with van der Waals surface area (Å²) in [6, 6.07) is 4.52. The molecule has 0 aromatic heterocycles. The van der Waals surface area contributed by atoms with E-state index in [1.54, 1.807) is 6.92 Å². The molecule has 0 heterocycles. The fourth-order valence-electron chi connectivity index (χ4n) is 1.52. The highest BCUT2D eigenvalue weighted by Crippen LogP contribution is 2.15. The van der Waals surface area contributed by atoms with Gasteiger partial charge in [0.2, 0.25) is 20.0 Å². The molecule has 4 N–H and O–H groups in total. The van der Waals surface area contributed by atoms with Gasteiger partial charge in [0.25, 0.3) is 0 Å². The van der Waals surface area contributed by atoms with Gasteiger partial charge in [-0.2, -0.15) is 0 Å². The number of hydrogen-bond donors (Lipinski definition) is 3. The van der Waals surface area contributed by atoms with E-state index in [0.717, 1.165) is 6.07 Å². The molecule has 1 rings (SSSR count). The number of aliphatic carboxylic acids is 1. The Balaban J connectivity index is 3.01. The Labute approximate surface area is 123 Å². The zero-order valence-electron chi connectivity index (χ0n) is 11.2. The van der Waals surface area contributed by atoms with Crippen molar-refractivity contribution in [2.24, 2.45) is 11.1 Å². The van der Waals surface area contributed by atoms with Gasteiger partial charge in [-0.15, -0.1) is 0 Å². The summed E-state index contributed by atoms with van der Waals surface area (Å²) in [4.78, 5) is 10.2. The van der Waals surface area contributed by atoms with E-state index in [1.807, 2.05) is 0 Å².